The van der Waals surface area contributed by atoms with Gasteiger partial charge in [-0.05, 0) is 52.9 Å². The normalized spacial score (nSPS) is 26.0. The van der Waals surface area contributed by atoms with Crippen LogP contribution >= 0.6 is 11.6 Å². The molecule has 1 N–H and O–H groups in total. The van der Waals surface area contributed by atoms with Crippen LogP contribution in [0.4, 0.5) is 0 Å². The molecule has 4 unspecified atom stereocenters. The molecule has 3 aliphatic heterocycles. The van der Waals surface area contributed by atoms with Crippen LogP contribution in [0.3, 0.4) is 0 Å². The first-order chi connectivity index (χ1) is 22.0. The van der Waals surface area contributed by atoms with E-state index in [1.54, 1.807) is 0 Å². The number of fused-ring (bicyclic) bond motifs is 2. The topological polar surface area (TPSA) is 75.6 Å². The van der Waals surface area contributed by atoms with Gasteiger partial charge in [-0.25, -0.2) is 0 Å². The van der Waals surface area contributed by atoms with Crippen LogP contribution in [0.25, 0.3) is 0 Å². The van der Waals surface area contributed by atoms with Crippen molar-refractivity contribution < 1.29 is 33.5 Å². The van der Waals surface area contributed by atoms with Crippen LogP contribution in [-0.4, -0.2) is 55.4 Å². The summed E-state index contributed by atoms with van der Waals surface area (Å²) >= 11 is 6.77. The summed E-state index contributed by atoms with van der Waals surface area (Å²) < 4.78 is 37.7. The summed E-state index contributed by atoms with van der Waals surface area (Å²) in [6.45, 7) is 2.01. The van der Waals surface area contributed by atoms with Gasteiger partial charge in [0.15, 0.2) is 0 Å². The molecular weight excluding hydrogens is 592 g/mol. The molecule has 4 aromatic rings. The first-order valence-corrected chi connectivity index (χ1v) is 15.8. The quantitative estimate of drug-likeness (QED) is 0.200. The Morgan fingerprint density at radius 1 is 0.800 bits per heavy atom. The zero-order valence-electron chi connectivity index (χ0n) is 25.0. The summed E-state index contributed by atoms with van der Waals surface area (Å²) in [4.78, 5) is 0. The SMILES string of the molecule is OCC12COC(c3ccc(Cl)c(Cc4ccc(OC5COC5)cc4)c3)(O1)C(OCc1ccccc1)C(OCc1ccccc1)C2. The lowest BCUT2D eigenvalue weighted by Gasteiger charge is -2.46. The molecule has 2 bridgehead atoms. The molecular formula is C37H37ClO7. The van der Waals surface area contributed by atoms with Gasteiger partial charge in [0, 0.05) is 17.0 Å². The van der Waals surface area contributed by atoms with Crippen molar-refractivity contribution in [2.45, 2.75) is 55.8 Å². The molecule has 0 saturated carbocycles. The average molecular weight is 629 g/mol. The highest BCUT2D eigenvalue weighted by Crippen LogP contribution is 2.52. The van der Waals surface area contributed by atoms with Gasteiger partial charge in [-0.3, -0.25) is 0 Å². The number of benzene rings is 4. The van der Waals surface area contributed by atoms with E-state index in [0.717, 1.165) is 33.6 Å². The van der Waals surface area contributed by atoms with Gasteiger partial charge < -0.3 is 33.5 Å². The molecule has 3 aliphatic rings. The molecule has 8 heteroatoms. The molecule has 3 fully saturated rings. The van der Waals surface area contributed by atoms with E-state index in [2.05, 4.69) is 12.1 Å². The van der Waals surface area contributed by atoms with Gasteiger partial charge in [0.2, 0.25) is 5.79 Å². The lowest BCUT2D eigenvalue weighted by Crippen LogP contribution is -2.58. The summed E-state index contributed by atoms with van der Waals surface area (Å²) in [5, 5.41) is 11.2. The van der Waals surface area contributed by atoms with Crippen molar-refractivity contribution in [3.8, 4) is 5.75 Å². The zero-order valence-corrected chi connectivity index (χ0v) is 25.7. The molecule has 0 spiro atoms. The second-order valence-electron chi connectivity index (χ2n) is 12.1. The molecule has 3 saturated heterocycles. The third kappa shape index (κ3) is 6.53. The molecule has 7 rings (SSSR count). The second-order valence-corrected chi connectivity index (χ2v) is 12.5. The van der Waals surface area contributed by atoms with Gasteiger partial charge in [0.1, 0.15) is 23.6 Å². The van der Waals surface area contributed by atoms with Crippen molar-refractivity contribution in [3.05, 3.63) is 136 Å². The Kier molecular flexibility index (Phi) is 8.93. The molecule has 45 heavy (non-hydrogen) atoms. The molecule has 0 radical (unpaired) electrons. The first-order valence-electron chi connectivity index (χ1n) is 15.4. The van der Waals surface area contributed by atoms with Crippen LogP contribution in [0.2, 0.25) is 5.02 Å². The van der Waals surface area contributed by atoms with E-state index in [-0.39, 0.29) is 19.3 Å². The van der Waals surface area contributed by atoms with E-state index in [0.29, 0.717) is 44.3 Å². The Bertz CT molecular complexity index is 1560. The molecule has 4 atom stereocenters. The average Bonchev–Trinajstić information content (AvgIpc) is 3.39. The minimum atomic E-state index is -1.31. The highest BCUT2D eigenvalue weighted by molar-refractivity contribution is 6.31. The van der Waals surface area contributed by atoms with Crippen LogP contribution in [0.5, 0.6) is 5.75 Å². The van der Waals surface area contributed by atoms with Crippen molar-refractivity contribution in [1.29, 1.82) is 0 Å². The van der Waals surface area contributed by atoms with Crippen LogP contribution in [0, 0.1) is 0 Å². The molecule has 3 heterocycles. The zero-order chi connectivity index (χ0) is 30.7. The van der Waals surface area contributed by atoms with Gasteiger partial charge in [-0.15, -0.1) is 0 Å². The predicted octanol–water partition coefficient (Wildman–Crippen LogP) is 6.21. The number of aliphatic hydroxyl groups is 1. The van der Waals surface area contributed by atoms with Crippen molar-refractivity contribution >= 4 is 11.6 Å². The Morgan fingerprint density at radius 2 is 1.49 bits per heavy atom. The van der Waals surface area contributed by atoms with Gasteiger partial charge in [0.05, 0.1) is 45.7 Å². The summed E-state index contributed by atoms with van der Waals surface area (Å²) in [5.41, 5.74) is 3.94. The standard InChI is InChI=1S/C37H37ClO7/c38-33-16-13-30(18-29(33)17-26-11-14-31(15-12-26)44-32-22-40-23-32)37-35(42-21-28-9-5-2-6-10-28)34(19-36(24-39,45-37)25-43-37)41-20-27-7-3-1-4-8-27/h1-16,18,32,34-35,39H,17,19-25H2. The monoisotopic (exact) mass is 628 g/mol. The highest BCUT2D eigenvalue weighted by Gasteiger charge is 2.64. The third-order valence-electron chi connectivity index (χ3n) is 8.75. The van der Waals surface area contributed by atoms with Crippen molar-refractivity contribution in [2.24, 2.45) is 0 Å². The Hall–Kier alpha value is -3.27. The van der Waals surface area contributed by atoms with Crippen LogP contribution in [-0.2, 0) is 49.1 Å². The number of halogens is 1. The van der Waals surface area contributed by atoms with Gasteiger partial charge in [-0.1, -0.05) is 90.5 Å². The van der Waals surface area contributed by atoms with E-state index >= 15 is 0 Å². The number of aliphatic hydroxyl groups excluding tert-OH is 1. The lowest BCUT2D eigenvalue weighted by molar-refractivity contribution is -0.321. The van der Waals surface area contributed by atoms with Crippen LogP contribution in [0.1, 0.15) is 34.2 Å². The number of hydrogen-bond donors (Lipinski definition) is 1. The van der Waals surface area contributed by atoms with Gasteiger partial charge in [0.25, 0.3) is 0 Å². The lowest BCUT2D eigenvalue weighted by atomic mass is 9.85. The second kappa shape index (κ2) is 13.2. The minimum Gasteiger partial charge on any atom is -0.486 e. The highest BCUT2D eigenvalue weighted by atomic mass is 35.5. The predicted molar refractivity (Wildman–Crippen MR) is 169 cm³/mol. The van der Waals surface area contributed by atoms with E-state index in [9.17, 15) is 5.11 Å². The summed E-state index contributed by atoms with van der Waals surface area (Å²) in [7, 11) is 0. The van der Waals surface area contributed by atoms with E-state index < -0.39 is 23.6 Å². The molecule has 0 aromatic heterocycles. The summed E-state index contributed by atoms with van der Waals surface area (Å²) in [6, 6.07) is 34.0. The van der Waals surface area contributed by atoms with Crippen LogP contribution in [0.15, 0.2) is 103 Å². The number of ether oxygens (including phenoxy) is 6. The molecule has 0 amide bonds. The fraction of sp³-hybridized carbons (Fsp3) is 0.351. The fourth-order valence-electron chi connectivity index (χ4n) is 6.24. The Morgan fingerprint density at radius 3 is 2.13 bits per heavy atom. The van der Waals surface area contributed by atoms with E-state index in [4.69, 9.17) is 40.0 Å². The van der Waals surface area contributed by atoms with Crippen molar-refractivity contribution in [3.63, 3.8) is 0 Å². The van der Waals surface area contributed by atoms with Gasteiger partial charge >= 0.3 is 0 Å². The minimum absolute atomic E-state index is 0.117. The maximum atomic E-state index is 10.6. The fourth-order valence-corrected chi connectivity index (χ4v) is 6.42. The Labute approximate surface area is 268 Å². The summed E-state index contributed by atoms with van der Waals surface area (Å²) in [6.07, 6.45) is 0.116. The Balaban J connectivity index is 1.19. The summed E-state index contributed by atoms with van der Waals surface area (Å²) in [5.74, 6) is -0.486. The number of rotatable bonds is 12. The largest absolute Gasteiger partial charge is 0.486 e. The maximum absolute atomic E-state index is 10.6. The van der Waals surface area contributed by atoms with E-state index in [1.807, 2.05) is 91.0 Å². The third-order valence-corrected chi connectivity index (χ3v) is 9.12. The van der Waals surface area contributed by atoms with Crippen LogP contribution < -0.4 is 4.74 Å². The van der Waals surface area contributed by atoms with E-state index in [1.165, 1.54) is 0 Å². The molecule has 7 nitrogen and oxygen atoms in total. The maximum Gasteiger partial charge on any atom is 0.225 e. The molecule has 4 aromatic carbocycles. The number of hydrogen-bond acceptors (Lipinski definition) is 7. The molecule has 0 aliphatic carbocycles. The first kappa shape index (κ1) is 30.4. The smallest absolute Gasteiger partial charge is 0.225 e. The van der Waals surface area contributed by atoms with Gasteiger partial charge in [-0.2, -0.15) is 0 Å². The molecule has 234 valence electrons. The van der Waals surface area contributed by atoms with Crippen molar-refractivity contribution in [2.75, 3.05) is 26.4 Å². The van der Waals surface area contributed by atoms with Crippen molar-refractivity contribution in [1.82, 2.24) is 0 Å².